The van der Waals surface area contributed by atoms with Gasteiger partial charge < -0.3 is 0 Å². The van der Waals surface area contributed by atoms with E-state index in [2.05, 4.69) is 182 Å². The van der Waals surface area contributed by atoms with Gasteiger partial charge in [-0.05, 0) is 86.5 Å². The minimum atomic E-state index is 0.272. The summed E-state index contributed by atoms with van der Waals surface area (Å²) in [4.78, 5) is 0. The van der Waals surface area contributed by atoms with Gasteiger partial charge in [0.05, 0.1) is 11.4 Å². The molecule has 6 aromatic rings. The monoisotopic (exact) mass is 662 g/mol. The Morgan fingerprint density at radius 2 is 0.840 bits per heavy atom. The molecule has 2 aromatic heterocycles. The van der Waals surface area contributed by atoms with E-state index in [-0.39, 0.29) is 12.1 Å². The van der Waals surface area contributed by atoms with Crippen molar-refractivity contribution in [3.05, 3.63) is 119 Å². The first-order valence-corrected chi connectivity index (χ1v) is 18.4. The van der Waals surface area contributed by atoms with Crippen LogP contribution in [0.3, 0.4) is 0 Å². The van der Waals surface area contributed by atoms with Gasteiger partial charge in [-0.3, -0.25) is 0 Å². The lowest BCUT2D eigenvalue weighted by molar-refractivity contribution is 0.493. The summed E-state index contributed by atoms with van der Waals surface area (Å²) in [6.45, 7) is 18.0. The summed E-state index contributed by atoms with van der Waals surface area (Å²) in [7, 11) is 0. The lowest BCUT2D eigenvalue weighted by Gasteiger charge is -2.28. The minimum Gasteiger partial charge on any atom is -0.242 e. The van der Waals surface area contributed by atoms with E-state index in [1.54, 1.807) is 0 Å². The summed E-state index contributed by atoms with van der Waals surface area (Å²) in [5.41, 5.74) is 14.9. The summed E-state index contributed by atoms with van der Waals surface area (Å²) in [6.07, 6.45) is 2.09. The normalized spacial score (nSPS) is 16.2. The zero-order chi connectivity index (χ0) is 35.1. The molecule has 0 fully saturated rings. The average molecular weight is 663 g/mol. The van der Waals surface area contributed by atoms with Crippen molar-refractivity contribution >= 4 is 0 Å². The molecule has 0 saturated heterocycles. The fraction of sp³-hybridized carbons (Fsp3) is 0.364. The lowest BCUT2D eigenvalue weighted by Crippen LogP contribution is -2.15. The highest BCUT2D eigenvalue weighted by molar-refractivity contribution is 5.84. The molecule has 0 amide bonds. The molecule has 0 saturated carbocycles. The molecule has 6 heteroatoms. The third-order valence-electron chi connectivity index (χ3n) is 10.6. The van der Waals surface area contributed by atoms with Crippen LogP contribution in [-0.2, 0) is 12.8 Å². The van der Waals surface area contributed by atoms with E-state index in [0.29, 0.717) is 23.7 Å². The van der Waals surface area contributed by atoms with Gasteiger partial charge in [0, 0.05) is 34.3 Å². The molecular formula is C44H50N6. The molecule has 8 rings (SSSR count). The fourth-order valence-electron chi connectivity index (χ4n) is 7.99. The van der Waals surface area contributed by atoms with Crippen molar-refractivity contribution in [2.45, 2.75) is 92.2 Å². The second-order valence-corrected chi connectivity index (χ2v) is 15.2. The zero-order valence-corrected chi connectivity index (χ0v) is 30.8. The van der Waals surface area contributed by atoms with E-state index in [0.717, 1.165) is 35.6 Å². The van der Waals surface area contributed by atoms with Gasteiger partial charge in [0.2, 0.25) is 0 Å². The molecule has 0 aliphatic heterocycles. The van der Waals surface area contributed by atoms with E-state index in [4.69, 9.17) is 0 Å². The predicted octanol–water partition coefficient (Wildman–Crippen LogP) is 11.0. The van der Waals surface area contributed by atoms with E-state index in [9.17, 15) is 0 Å². The van der Waals surface area contributed by atoms with Crippen LogP contribution in [0.2, 0.25) is 0 Å². The number of hydrogen-bond acceptors (Lipinski definition) is 4. The van der Waals surface area contributed by atoms with Crippen molar-refractivity contribution in [1.82, 2.24) is 30.0 Å². The Morgan fingerprint density at radius 3 is 1.36 bits per heavy atom. The van der Waals surface area contributed by atoms with Crippen LogP contribution in [0.4, 0.5) is 0 Å². The summed E-state index contributed by atoms with van der Waals surface area (Å²) in [5.74, 6) is 2.10. The molecule has 0 N–H and O–H groups in total. The minimum absolute atomic E-state index is 0.272. The summed E-state index contributed by atoms with van der Waals surface area (Å²) in [6, 6.07) is 35.5. The van der Waals surface area contributed by atoms with Gasteiger partial charge in [-0.1, -0.05) is 135 Å². The maximum absolute atomic E-state index is 4.63. The molecule has 0 bridgehead atoms. The number of nitrogens with zero attached hydrogens (tertiary/aromatic N) is 6. The molecular weight excluding hydrogens is 613 g/mol. The summed E-state index contributed by atoms with van der Waals surface area (Å²) < 4.78 is 4.15. The first-order valence-electron chi connectivity index (χ1n) is 18.4. The van der Waals surface area contributed by atoms with Crippen LogP contribution in [0.5, 0.6) is 0 Å². The second kappa shape index (κ2) is 13.8. The quantitative estimate of drug-likeness (QED) is 0.188. The number of rotatable bonds is 4. The Hall–Kier alpha value is -4.84. The van der Waals surface area contributed by atoms with Gasteiger partial charge in [-0.25, -0.2) is 9.36 Å². The molecule has 2 aliphatic rings. The smallest absolute Gasteiger partial charge is 0.121 e. The second-order valence-electron chi connectivity index (χ2n) is 15.2. The van der Waals surface area contributed by atoms with Crippen LogP contribution in [0, 0.1) is 11.8 Å². The maximum atomic E-state index is 4.63. The Kier molecular flexibility index (Phi) is 9.30. The summed E-state index contributed by atoms with van der Waals surface area (Å²) in [5, 5.41) is 18.3. The Labute approximate surface area is 297 Å². The lowest BCUT2D eigenvalue weighted by atomic mass is 9.77. The van der Waals surface area contributed by atoms with Crippen molar-refractivity contribution in [3.8, 4) is 45.0 Å². The van der Waals surface area contributed by atoms with Gasteiger partial charge in [0.15, 0.2) is 0 Å². The summed E-state index contributed by atoms with van der Waals surface area (Å²) >= 11 is 0. The van der Waals surface area contributed by atoms with Crippen LogP contribution >= 0.6 is 0 Å². The van der Waals surface area contributed by atoms with Crippen molar-refractivity contribution < 1.29 is 0 Å². The first kappa shape index (κ1) is 33.6. The van der Waals surface area contributed by atoms with E-state index >= 15 is 0 Å². The van der Waals surface area contributed by atoms with Crippen molar-refractivity contribution in [3.63, 3.8) is 0 Å². The molecule has 6 nitrogen and oxygen atoms in total. The number of benzene rings is 4. The fourth-order valence-corrected chi connectivity index (χ4v) is 7.99. The average Bonchev–Trinajstić information content (AvgIpc) is 3.74. The van der Waals surface area contributed by atoms with E-state index in [1.165, 1.54) is 44.5 Å². The molecule has 4 aromatic carbocycles. The number of fused-ring (bicyclic) bond motifs is 10. The molecule has 2 heterocycles. The van der Waals surface area contributed by atoms with Gasteiger partial charge in [0.1, 0.15) is 11.4 Å². The van der Waals surface area contributed by atoms with Crippen LogP contribution in [0.15, 0.2) is 97.1 Å². The zero-order valence-electron chi connectivity index (χ0n) is 30.8. The topological polar surface area (TPSA) is 61.4 Å². The maximum Gasteiger partial charge on any atom is 0.121 e. The molecule has 0 radical (unpaired) electrons. The molecule has 2 unspecified atom stereocenters. The molecule has 256 valence electrons. The Bertz CT molecular complexity index is 2110. The highest BCUT2D eigenvalue weighted by Crippen LogP contribution is 2.45. The van der Waals surface area contributed by atoms with Gasteiger partial charge in [0.25, 0.3) is 0 Å². The van der Waals surface area contributed by atoms with Crippen LogP contribution in [-0.4, -0.2) is 30.0 Å². The van der Waals surface area contributed by atoms with E-state index in [1.807, 2.05) is 0 Å². The Morgan fingerprint density at radius 1 is 0.460 bits per heavy atom. The van der Waals surface area contributed by atoms with Crippen molar-refractivity contribution in [2.75, 3.05) is 0 Å². The van der Waals surface area contributed by atoms with Crippen molar-refractivity contribution in [1.29, 1.82) is 0 Å². The molecule has 0 spiro atoms. The third-order valence-corrected chi connectivity index (χ3v) is 10.6. The van der Waals surface area contributed by atoms with Gasteiger partial charge >= 0.3 is 0 Å². The molecule has 50 heavy (non-hydrogen) atoms. The highest BCUT2D eigenvalue weighted by Gasteiger charge is 2.31. The van der Waals surface area contributed by atoms with Crippen molar-refractivity contribution in [2.24, 2.45) is 11.8 Å². The third kappa shape index (κ3) is 5.99. The largest absolute Gasteiger partial charge is 0.242 e. The standard InChI is InChI=1S/2C22H25N3/c1-14(2)20-13-16-9-5-6-10-17(16)22-21(23-24-25(22)15(3)4)19-12-8-7-11-18(19)20;1-14(2)20-13-16-9-5-6-10-17(16)21-22(25(15(3)4)24-23-21)19-12-8-7-11-18(19)20/h2*5-12,14-15,20H,13H2,1-4H3. The van der Waals surface area contributed by atoms with Crippen LogP contribution in [0.25, 0.3) is 45.0 Å². The highest BCUT2D eigenvalue weighted by atomic mass is 15.4. The van der Waals surface area contributed by atoms with Crippen LogP contribution < -0.4 is 0 Å². The molecule has 2 aliphatic carbocycles. The molecule has 2 atom stereocenters. The SMILES string of the molecule is CC(C)C1Cc2ccccc2-c2c(nnn2C(C)C)-c2ccccc21.CC(C)C1Cc2ccccc2-c2nnn(C(C)C)c2-c2ccccc21. The number of aromatic nitrogens is 6. The van der Waals surface area contributed by atoms with Gasteiger partial charge in [-0.15, -0.1) is 10.2 Å². The van der Waals surface area contributed by atoms with Gasteiger partial charge in [-0.2, -0.15) is 0 Å². The predicted molar refractivity (Wildman–Crippen MR) is 205 cm³/mol. The first-order chi connectivity index (χ1) is 24.2. The van der Waals surface area contributed by atoms with E-state index < -0.39 is 0 Å². The Balaban J connectivity index is 0.000000157. The van der Waals surface area contributed by atoms with Crippen LogP contribution in [0.1, 0.15) is 102 Å². The number of hydrogen-bond donors (Lipinski definition) is 0.